The maximum Gasteiger partial charge on any atom is 0.337 e. The zero-order valence-electron chi connectivity index (χ0n) is 20.1. The van der Waals surface area contributed by atoms with Gasteiger partial charge in [-0.25, -0.2) is 9.48 Å². The Labute approximate surface area is 206 Å². The van der Waals surface area contributed by atoms with Crippen molar-refractivity contribution in [3.8, 4) is 0 Å². The lowest BCUT2D eigenvalue weighted by atomic mass is 10.1. The van der Waals surface area contributed by atoms with Crippen LogP contribution < -0.4 is 16.2 Å². The van der Waals surface area contributed by atoms with E-state index in [1.54, 1.807) is 30.4 Å². The van der Waals surface area contributed by atoms with E-state index >= 15 is 0 Å². The van der Waals surface area contributed by atoms with E-state index in [2.05, 4.69) is 20.5 Å². The number of nitrogens with zero attached hydrogens (tertiary/aromatic N) is 3. The number of fused-ring (bicyclic) bond motifs is 1. The van der Waals surface area contributed by atoms with Gasteiger partial charge in [-0.05, 0) is 49.2 Å². The van der Waals surface area contributed by atoms with Gasteiger partial charge in [-0.3, -0.25) is 18.8 Å². The fourth-order valence-corrected chi connectivity index (χ4v) is 4.01. The first-order chi connectivity index (χ1) is 17.3. The highest BCUT2D eigenvalue weighted by Gasteiger charge is 2.22. The van der Waals surface area contributed by atoms with Crippen molar-refractivity contribution in [2.45, 2.75) is 26.9 Å². The van der Waals surface area contributed by atoms with Gasteiger partial charge in [0.2, 0.25) is 5.91 Å². The van der Waals surface area contributed by atoms with Gasteiger partial charge in [0.15, 0.2) is 0 Å². The number of carbonyl (C=O) groups excluding carboxylic acids is 3. The van der Waals surface area contributed by atoms with Crippen LogP contribution in [0, 0.1) is 13.8 Å². The number of aryl methyl sites for hydroxylation is 2. The first-order valence-electron chi connectivity index (χ1n) is 11.2. The summed E-state index contributed by atoms with van der Waals surface area (Å²) in [7, 11) is 1.29. The van der Waals surface area contributed by atoms with E-state index in [4.69, 9.17) is 0 Å². The van der Waals surface area contributed by atoms with Gasteiger partial charge in [-0.2, -0.15) is 5.10 Å². The average Bonchev–Trinajstić information content (AvgIpc) is 3.14. The molecule has 0 aliphatic heterocycles. The fraction of sp³-hybridized carbons (Fsp3) is 0.192. The summed E-state index contributed by atoms with van der Waals surface area (Å²) in [5.41, 5.74) is 3.05. The van der Waals surface area contributed by atoms with Gasteiger partial charge in [0, 0.05) is 17.9 Å². The van der Waals surface area contributed by atoms with Crippen molar-refractivity contribution in [2.75, 3.05) is 12.4 Å². The minimum atomic E-state index is -0.489. The van der Waals surface area contributed by atoms with Crippen LogP contribution in [0.15, 0.2) is 65.7 Å². The molecule has 0 fully saturated rings. The summed E-state index contributed by atoms with van der Waals surface area (Å²) < 4.78 is 7.26. The first kappa shape index (κ1) is 24.4. The number of carbonyl (C=O) groups is 3. The molecular weight excluding hydrogens is 462 g/mol. The molecule has 2 aromatic heterocycles. The largest absolute Gasteiger partial charge is 0.465 e. The lowest BCUT2D eigenvalue weighted by Gasteiger charge is -2.08. The minimum Gasteiger partial charge on any atom is -0.465 e. The number of ether oxygens (including phenoxy) is 1. The molecule has 0 bridgehead atoms. The lowest BCUT2D eigenvalue weighted by molar-refractivity contribution is -0.117. The van der Waals surface area contributed by atoms with E-state index < -0.39 is 17.4 Å². The molecule has 2 aromatic carbocycles. The third-order valence-electron chi connectivity index (χ3n) is 5.84. The molecule has 2 N–H and O–H groups in total. The number of methoxy groups -OCH3 is 1. The SMILES string of the molecule is COC(=O)c1ccc(NC(=O)Cn2ncn3c(C)c(C(=O)NCc4ccccc4)c(C)c3c2=O)cc1. The molecular formula is C26H25N5O5. The molecule has 0 unspecified atom stereocenters. The van der Waals surface area contributed by atoms with Gasteiger partial charge >= 0.3 is 5.97 Å². The van der Waals surface area contributed by atoms with E-state index in [-0.39, 0.29) is 18.0 Å². The number of rotatable bonds is 7. The van der Waals surface area contributed by atoms with Crippen molar-refractivity contribution in [2.24, 2.45) is 0 Å². The van der Waals surface area contributed by atoms with Crippen molar-refractivity contribution in [3.63, 3.8) is 0 Å². The van der Waals surface area contributed by atoms with Crippen LogP contribution >= 0.6 is 0 Å². The highest BCUT2D eigenvalue weighted by molar-refractivity contribution is 5.99. The van der Waals surface area contributed by atoms with Gasteiger partial charge in [0.1, 0.15) is 18.4 Å². The quantitative estimate of drug-likeness (QED) is 0.386. The Morgan fingerprint density at radius 3 is 2.36 bits per heavy atom. The van der Waals surface area contributed by atoms with Crippen molar-refractivity contribution >= 4 is 29.0 Å². The lowest BCUT2D eigenvalue weighted by Crippen LogP contribution is -2.30. The van der Waals surface area contributed by atoms with Crippen LogP contribution in [0.1, 0.15) is 37.5 Å². The normalized spacial score (nSPS) is 10.8. The molecule has 0 saturated carbocycles. The van der Waals surface area contributed by atoms with Crippen LogP contribution in [-0.4, -0.2) is 39.1 Å². The smallest absolute Gasteiger partial charge is 0.337 e. The Balaban J connectivity index is 1.53. The topological polar surface area (TPSA) is 124 Å². The molecule has 0 aliphatic carbocycles. The van der Waals surface area contributed by atoms with Crippen molar-refractivity contribution in [1.82, 2.24) is 19.5 Å². The number of aromatic nitrogens is 3. The number of nitrogens with one attached hydrogen (secondary N) is 2. The Morgan fingerprint density at radius 2 is 1.69 bits per heavy atom. The molecule has 0 radical (unpaired) electrons. The Bertz CT molecular complexity index is 1500. The summed E-state index contributed by atoms with van der Waals surface area (Å²) in [6.07, 6.45) is 1.42. The van der Waals surface area contributed by atoms with Crippen LogP contribution in [0.5, 0.6) is 0 Å². The second-order valence-electron chi connectivity index (χ2n) is 8.18. The van der Waals surface area contributed by atoms with Crippen molar-refractivity contribution in [1.29, 1.82) is 0 Å². The molecule has 0 atom stereocenters. The summed E-state index contributed by atoms with van der Waals surface area (Å²) >= 11 is 0. The molecule has 36 heavy (non-hydrogen) atoms. The van der Waals surface area contributed by atoms with Gasteiger partial charge in [0.05, 0.1) is 18.2 Å². The first-order valence-corrected chi connectivity index (χ1v) is 11.2. The van der Waals surface area contributed by atoms with E-state index in [9.17, 15) is 19.2 Å². The van der Waals surface area contributed by atoms with E-state index in [1.165, 1.54) is 25.6 Å². The number of hydrogen-bond donors (Lipinski definition) is 2. The molecule has 0 saturated heterocycles. The standard InChI is InChI=1S/C26H25N5O5/c1-16-22(24(33)27-13-18-7-5-4-6-8-18)17(2)30-15-28-31(25(34)23(16)30)14-21(32)29-20-11-9-19(10-12-20)26(35)36-3/h4-12,15H,13-14H2,1-3H3,(H,27,33)(H,29,32). The second-order valence-corrected chi connectivity index (χ2v) is 8.18. The van der Waals surface area contributed by atoms with Gasteiger partial charge in [-0.1, -0.05) is 30.3 Å². The Hall–Kier alpha value is -4.73. The molecule has 2 amide bonds. The van der Waals surface area contributed by atoms with E-state index in [1.807, 2.05) is 30.3 Å². The molecule has 0 spiro atoms. The molecule has 4 rings (SSSR count). The highest BCUT2D eigenvalue weighted by atomic mass is 16.5. The molecule has 2 heterocycles. The maximum atomic E-state index is 13.2. The average molecular weight is 488 g/mol. The summed E-state index contributed by atoms with van der Waals surface area (Å²) in [4.78, 5) is 50.2. The number of esters is 1. The number of hydrogen-bond acceptors (Lipinski definition) is 6. The van der Waals surface area contributed by atoms with Crippen LogP contribution in [0.3, 0.4) is 0 Å². The van der Waals surface area contributed by atoms with Crippen molar-refractivity contribution in [3.05, 3.63) is 99.2 Å². The van der Waals surface area contributed by atoms with Crippen LogP contribution in [0.2, 0.25) is 0 Å². The van der Waals surface area contributed by atoms with Gasteiger partial charge in [0.25, 0.3) is 11.5 Å². The third kappa shape index (κ3) is 4.88. The van der Waals surface area contributed by atoms with Gasteiger partial charge < -0.3 is 15.4 Å². The van der Waals surface area contributed by atoms with Crippen molar-refractivity contribution < 1.29 is 19.1 Å². The zero-order valence-corrected chi connectivity index (χ0v) is 20.1. The Kier molecular flexibility index (Phi) is 6.95. The monoisotopic (exact) mass is 487 g/mol. The second kappa shape index (κ2) is 10.3. The number of anilines is 1. The number of amides is 2. The summed E-state index contributed by atoms with van der Waals surface area (Å²) in [6.45, 7) is 3.48. The van der Waals surface area contributed by atoms with E-state index in [0.29, 0.717) is 34.6 Å². The molecule has 10 heteroatoms. The van der Waals surface area contributed by atoms with Gasteiger partial charge in [-0.15, -0.1) is 0 Å². The summed E-state index contributed by atoms with van der Waals surface area (Å²) in [5.74, 6) is -1.25. The predicted octanol–water partition coefficient (Wildman–Crippen LogP) is 2.47. The zero-order chi connectivity index (χ0) is 25.8. The maximum absolute atomic E-state index is 13.2. The summed E-state index contributed by atoms with van der Waals surface area (Å²) in [6, 6.07) is 15.7. The molecule has 184 valence electrons. The highest BCUT2D eigenvalue weighted by Crippen LogP contribution is 2.20. The summed E-state index contributed by atoms with van der Waals surface area (Å²) in [5, 5.41) is 9.68. The van der Waals surface area contributed by atoms with Crippen LogP contribution in [0.4, 0.5) is 5.69 Å². The Morgan fingerprint density at radius 1 is 1.00 bits per heavy atom. The van der Waals surface area contributed by atoms with Crippen LogP contribution in [-0.2, 0) is 22.6 Å². The third-order valence-corrected chi connectivity index (χ3v) is 5.84. The molecule has 0 aliphatic rings. The minimum absolute atomic E-state index is 0.280. The molecule has 4 aromatic rings. The fourth-order valence-electron chi connectivity index (χ4n) is 4.01. The molecule has 10 nitrogen and oxygen atoms in total. The predicted molar refractivity (Wildman–Crippen MR) is 133 cm³/mol. The van der Waals surface area contributed by atoms with E-state index in [0.717, 1.165) is 10.2 Å². The van der Waals surface area contributed by atoms with Crippen LogP contribution in [0.25, 0.3) is 5.52 Å². The number of benzene rings is 2.